The third kappa shape index (κ3) is 4.96. The van der Waals surface area contributed by atoms with Gasteiger partial charge in [-0.05, 0) is 50.0 Å². The predicted octanol–water partition coefficient (Wildman–Crippen LogP) is 2.79. The molecule has 4 rings (SSSR count). The molecular weight excluding hydrogens is 400 g/mol. The number of benzene rings is 2. The summed E-state index contributed by atoms with van der Waals surface area (Å²) in [5.41, 5.74) is 1.80. The summed E-state index contributed by atoms with van der Waals surface area (Å²) >= 11 is 0. The van der Waals surface area contributed by atoms with Gasteiger partial charge >= 0.3 is 0 Å². The van der Waals surface area contributed by atoms with Gasteiger partial charge in [-0.2, -0.15) is 0 Å². The van der Waals surface area contributed by atoms with Crippen LogP contribution >= 0.6 is 0 Å². The van der Waals surface area contributed by atoms with E-state index in [-0.39, 0.29) is 5.91 Å². The zero-order valence-corrected chi connectivity index (χ0v) is 17.9. The topological polar surface area (TPSA) is 87.3 Å². The Morgan fingerprint density at radius 3 is 2.55 bits per heavy atom. The molecule has 2 N–H and O–H groups in total. The Balaban J connectivity index is 1.21. The Morgan fingerprint density at radius 1 is 1.00 bits per heavy atom. The van der Waals surface area contributed by atoms with Gasteiger partial charge in [0.25, 0.3) is 5.91 Å². The number of hydrogen-bond donors (Lipinski definition) is 2. The molecule has 0 aromatic heterocycles. The van der Waals surface area contributed by atoms with Crippen molar-refractivity contribution in [1.29, 1.82) is 0 Å². The number of anilines is 1. The van der Waals surface area contributed by atoms with Crippen LogP contribution < -0.4 is 34.3 Å². The average Bonchev–Trinajstić information content (AvgIpc) is 2.80. The molecule has 0 aliphatic carbocycles. The first-order valence-corrected chi connectivity index (χ1v) is 10.5. The van der Waals surface area contributed by atoms with Crippen LogP contribution in [0.15, 0.2) is 30.3 Å². The third-order valence-electron chi connectivity index (χ3n) is 5.32. The molecule has 8 heteroatoms. The number of nitrogens with one attached hydrogen (secondary N) is 2. The van der Waals surface area contributed by atoms with Gasteiger partial charge in [0.2, 0.25) is 0 Å². The van der Waals surface area contributed by atoms with Crippen molar-refractivity contribution >= 4 is 11.6 Å². The van der Waals surface area contributed by atoms with Crippen LogP contribution in [0.25, 0.3) is 0 Å². The maximum absolute atomic E-state index is 12.4. The van der Waals surface area contributed by atoms with Gasteiger partial charge in [-0.25, -0.2) is 0 Å². The minimum atomic E-state index is -0.511. The van der Waals surface area contributed by atoms with Crippen LogP contribution in [0.4, 0.5) is 5.69 Å². The monoisotopic (exact) mass is 428 g/mol. The Morgan fingerprint density at radius 2 is 1.77 bits per heavy atom. The van der Waals surface area contributed by atoms with Crippen LogP contribution in [0.1, 0.15) is 18.4 Å². The van der Waals surface area contributed by atoms with E-state index in [0.29, 0.717) is 42.6 Å². The lowest BCUT2D eigenvalue weighted by Crippen LogP contribution is -2.37. The lowest BCUT2D eigenvalue weighted by molar-refractivity contribution is -0.123. The third-order valence-corrected chi connectivity index (χ3v) is 5.32. The molecule has 8 nitrogen and oxygen atoms in total. The van der Waals surface area contributed by atoms with Crippen LogP contribution in [-0.4, -0.2) is 52.5 Å². The van der Waals surface area contributed by atoms with Crippen molar-refractivity contribution in [3.63, 3.8) is 0 Å². The van der Waals surface area contributed by atoms with E-state index >= 15 is 0 Å². The number of hydrogen-bond acceptors (Lipinski definition) is 7. The van der Waals surface area contributed by atoms with Gasteiger partial charge in [0.15, 0.2) is 29.1 Å². The zero-order valence-electron chi connectivity index (χ0n) is 17.9. The average molecular weight is 428 g/mol. The molecule has 2 aromatic carbocycles. The molecule has 1 amide bonds. The van der Waals surface area contributed by atoms with Crippen LogP contribution in [0, 0.1) is 0 Å². The molecule has 0 fully saturated rings. The molecule has 2 aromatic rings. The maximum Gasteiger partial charge on any atom is 0.265 e. The van der Waals surface area contributed by atoms with E-state index in [4.69, 9.17) is 23.7 Å². The van der Waals surface area contributed by atoms with Crippen LogP contribution in [0.5, 0.6) is 28.7 Å². The van der Waals surface area contributed by atoms with Gasteiger partial charge in [0.1, 0.15) is 19.0 Å². The number of rotatable bonds is 9. The highest BCUT2D eigenvalue weighted by Gasteiger charge is 2.29. The number of amides is 1. The van der Waals surface area contributed by atoms with E-state index in [2.05, 4.69) is 10.6 Å². The second-order valence-corrected chi connectivity index (χ2v) is 7.42. The minimum Gasteiger partial charge on any atom is -0.493 e. The molecule has 2 aliphatic rings. The summed E-state index contributed by atoms with van der Waals surface area (Å²) in [6, 6.07) is 9.49. The minimum absolute atomic E-state index is 0.130. The lowest BCUT2D eigenvalue weighted by Gasteiger charge is -2.28. The van der Waals surface area contributed by atoms with E-state index in [1.807, 2.05) is 18.2 Å². The van der Waals surface area contributed by atoms with Gasteiger partial charge in [0, 0.05) is 12.1 Å². The molecular formula is C23H28N2O6. The van der Waals surface area contributed by atoms with Gasteiger partial charge in [-0.3, -0.25) is 4.79 Å². The van der Waals surface area contributed by atoms with Crippen LogP contribution in [0.2, 0.25) is 0 Å². The Labute approximate surface area is 181 Å². The molecule has 0 saturated carbocycles. The number of carbonyl (C=O) groups is 1. The van der Waals surface area contributed by atoms with Gasteiger partial charge < -0.3 is 34.3 Å². The summed E-state index contributed by atoms with van der Waals surface area (Å²) in [5, 5.41) is 6.33. The fourth-order valence-electron chi connectivity index (χ4n) is 3.68. The fourth-order valence-corrected chi connectivity index (χ4v) is 3.68. The second kappa shape index (κ2) is 9.78. The molecule has 166 valence electrons. The van der Waals surface area contributed by atoms with Gasteiger partial charge in [-0.15, -0.1) is 0 Å². The number of fused-ring (bicyclic) bond motifs is 2. The predicted molar refractivity (Wildman–Crippen MR) is 116 cm³/mol. The quantitative estimate of drug-likeness (QED) is 0.594. The SMILES string of the molecule is COc1ccc(CCNCCCC2Oc3cc4c(cc3NC2=O)OCCO4)cc1OC. The summed E-state index contributed by atoms with van der Waals surface area (Å²) in [4.78, 5) is 12.4. The smallest absolute Gasteiger partial charge is 0.265 e. The van der Waals surface area contributed by atoms with Crippen molar-refractivity contribution in [2.45, 2.75) is 25.4 Å². The largest absolute Gasteiger partial charge is 0.493 e. The van der Waals surface area contributed by atoms with Crippen molar-refractivity contribution in [3.05, 3.63) is 35.9 Å². The van der Waals surface area contributed by atoms with Crippen molar-refractivity contribution < 1.29 is 28.5 Å². The molecule has 2 heterocycles. The Kier molecular flexibility index (Phi) is 6.66. The molecule has 1 unspecified atom stereocenters. The van der Waals surface area contributed by atoms with Gasteiger partial charge in [-0.1, -0.05) is 6.07 Å². The van der Waals surface area contributed by atoms with Crippen molar-refractivity contribution in [1.82, 2.24) is 5.32 Å². The number of ether oxygens (including phenoxy) is 5. The molecule has 0 spiro atoms. The maximum atomic E-state index is 12.4. The highest BCUT2D eigenvalue weighted by atomic mass is 16.6. The fraction of sp³-hybridized carbons (Fsp3) is 0.435. The highest BCUT2D eigenvalue weighted by Crippen LogP contribution is 2.41. The van der Waals surface area contributed by atoms with E-state index in [9.17, 15) is 4.79 Å². The van der Waals surface area contributed by atoms with Crippen LogP contribution in [0.3, 0.4) is 0 Å². The number of carbonyl (C=O) groups excluding carboxylic acids is 1. The summed E-state index contributed by atoms with van der Waals surface area (Å²) in [6.45, 7) is 2.65. The second-order valence-electron chi connectivity index (χ2n) is 7.42. The molecule has 2 aliphatic heterocycles. The van der Waals surface area contributed by atoms with E-state index < -0.39 is 6.10 Å². The molecule has 0 bridgehead atoms. The first-order chi connectivity index (χ1) is 15.2. The van der Waals surface area contributed by atoms with Crippen LogP contribution in [-0.2, 0) is 11.2 Å². The zero-order chi connectivity index (χ0) is 21.6. The lowest BCUT2D eigenvalue weighted by atomic mass is 10.1. The molecule has 0 saturated heterocycles. The summed E-state index contributed by atoms with van der Waals surface area (Å²) in [5.74, 6) is 3.23. The van der Waals surface area contributed by atoms with E-state index in [1.165, 1.54) is 5.56 Å². The summed E-state index contributed by atoms with van der Waals surface area (Å²) in [7, 11) is 3.27. The van der Waals surface area contributed by atoms with E-state index in [0.717, 1.165) is 37.4 Å². The normalized spacial score (nSPS) is 16.7. The molecule has 31 heavy (non-hydrogen) atoms. The van der Waals surface area contributed by atoms with Crippen molar-refractivity contribution in [2.24, 2.45) is 0 Å². The highest BCUT2D eigenvalue weighted by molar-refractivity contribution is 5.98. The van der Waals surface area contributed by atoms with Crippen molar-refractivity contribution in [2.75, 3.05) is 45.8 Å². The van der Waals surface area contributed by atoms with E-state index in [1.54, 1.807) is 26.4 Å². The first-order valence-electron chi connectivity index (χ1n) is 10.5. The number of methoxy groups -OCH3 is 2. The molecule has 1 atom stereocenters. The van der Waals surface area contributed by atoms with Gasteiger partial charge in [0.05, 0.1) is 19.9 Å². The Hall–Kier alpha value is -3.13. The van der Waals surface area contributed by atoms with Crippen molar-refractivity contribution in [3.8, 4) is 28.7 Å². The summed E-state index contributed by atoms with van der Waals surface area (Å²) in [6.07, 6.45) is 1.82. The standard InChI is InChI=1S/C23H28N2O6/c1-27-17-6-5-15(12-20(17)28-2)7-9-24-8-3-4-18-23(26)25-16-13-21-22(14-19(16)31-18)30-11-10-29-21/h5-6,12-14,18,24H,3-4,7-11H2,1-2H3,(H,25,26). The summed E-state index contributed by atoms with van der Waals surface area (Å²) < 4.78 is 27.7. The first kappa shape index (κ1) is 21.1. The Bertz CT molecular complexity index is 933. The molecule has 0 radical (unpaired) electrons.